The number of hydrogen-bond acceptors (Lipinski definition) is 6. The molecule has 0 aliphatic heterocycles. The van der Waals surface area contributed by atoms with Crippen LogP contribution in [-0.4, -0.2) is 40.0 Å². The predicted molar refractivity (Wildman–Crippen MR) is 146 cm³/mol. The molecule has 8 heteroatoms. The summed E-state index contributed by atoms with van der Waals surface area (Å²) in [6.07, 6.45) is 6.02. The van der Waals surface area contributed by atoms with E-state index in [1.54, 1.807) is 62.8 Å². The highest BCUT2D eigenvalue weighted by atomic mass is 32.2. The van der Waals surface area contributed by atoms with Crippen molar-refractivity contribution in [3.63, 3.8) is 0 Å². The maximum absolute atomic E-state index is 13.9. The third-order valence-corrected chi connectivity index (χ3v) is 8.94. The number of methoxy groups -OCH3 is 3. The molecule has 3 aromatic carbocycles. The molecule has 0 atom stereocenters. The molecule has 0 bridgehead atoms. The fourth-order valence-electron chi connectivity index (χ4n) is 4.97. The second kappa shape index (κ2) is 12.5. The lowest BCUT2D eigenvalue weighted by molar-refractivity contribution is 0.0600. The van der Waals surface area contributed by atoms with Crippen LogP contribution >= 0.6 is 0 Å². The van der Waals surface area contributed by atoms with Crippen molar-refractivity contribution in [3.8, 4) is 11.5 Å². The fourth-order valence-corrected chi connectivity index (χ4v) is 6.39. The first-order valence-electron chi connectivity index (χ1n) is 12.8. The summed E-state index contributed by atoms with van der Waals surface area (Å²) < 4.78 is 44.8. The van der Waals surface area contributed by atoms with Crippen molar-refractivity contribution >= 4 is 16.0 Å². The lowest BCUT2D eigenvalue weighted by Crippen LogP contribution is -2.30. The Morgan fingerprint density at radius 1 is 0.789 bits per heavy atom. The van der Waals surface area contributed by atoms with Crippen molar-refractivity contribution < 1.29 is 27.4 Å². The standard InChI is InChI=1S/C30H35NO6S/c1-35-28-18-11-23(19-29(28)36-2)21-31(20-22-9-12-26(13-10-22)30(32)37-3)38(33,34)27-16-14-25(15-17-27)24-7-5-4-6-8-24/h9-19,24H,4-8,20-21H2,1-3H3. The van der Waals surface area contributed by atoms with Gasteiger partial charge in [-0.15, -0.1) is 0 Å². The minimum absolute atomic E-state index is 0.127. The van der Waals surface area contributed by atoms with E-state index in [0.29, 0.717) is 23.0 Å². The second-order valence-corrected chi connectivity index (χ2v) is 11.5. The molecule has 0 aromatic heterocycles. The zero-order valence-electron chi connectivity index (χ0n) is 22.2. The van der Waals surface area contributed by atoms with Gasteiger partial charge in [-0.25, -0.2) is 13.2 Å². The van der Waals surface area contributed by atoms with Gasteiger partial charge in [0.15, 0.2) is 11.5 Å². The molecule has 202 valence electrons. The van der Waals surface area contributed by atoms with E-state index in [-0.39, 0.29) is 18.0 Å². The van der Waals surface area contributed by atoms with Gasteiger partial charge in [-0.3, -0.25) is 0 Å². The highest BCUT2D eigenvalue weighted by Crippen LogP contribution is 2.34. The minimum Gasteiger partial charge on any atom is -0.493 e. The number of ether oxygens (including phenoxy) is 3. The van der Waals surface area contributed by atoms with Crippen molar-refractivity contribution in [2.24, 2.45) is 0 Å². The summed E-state index contributed by atoms with van der Waals surface area (Å²) >= 11 is 0. The summed E-state index contributed by atoms with van der Waals surface area (Å²) in [6.45, 7) is 0.258. The van der Waals surface area contributed by atoms with Crippen LogP contribution < -0.4 is 9.47 Å². The Hall–Kier alpha value is -3.36. The molecule has 0 amide bonds. The number of sulfonamides is 1. The molecule has 0 saturated heterocycles. The number of carbonyl (C=O) groups is 1. The van der Waals surface area contributed by atoms with Gasteiger partial charge in [0.25, 0.3) is 0 Å². The number of carbonyl (C=O) groups excluding carboxylic acids is 1. The lowest BCUT2D eigenvalue weighted by Gasteiger charge is -2.24. The first-order valence-corrected chi connectivity index (χ1v) is 14.3. The normalized spacial score (nSPS) is 14.3. The van der Waals surface area contributed by atoms with Crippen LogP contribution in [0.1, 0.15) is 65.1 Å². The molecule has 1 saturated carbocycles. The second-order valence-electron chi connectivity index (χ2n) is 9.55. The van der Waals surface area contributed by atoms with Gasteiger partial charge in [-0.2, -0.15) is 4.31 Å². The van der Waals surface area contributed by atoms with Gasteiger partial charge < -0.3 is 14.2 Å². The van der Waals surface area contributed by atoms with Gasteiger partial charge in [0.1, 0.15) is 0 Å². The molecule has 38 heavy (non-hydrogen) atoms. The van der Waals surface area contributed by atoms with Crippen molar-refractivity contribution in [1.29, 1.82) is 0 Å². The summed E-state index contributed by atoms with van der Waals surface area (Å²) in [5.41, 5.74) is 3.12. The third kappa shape index (κ3) is 6.37. The van der Waals surface area contributed by atoms with E-state index in [9.17, 15) is 13.2 Å². The van der Waals surface area contributed by atoms with Gasteiger partial charge in [0.05, 0.1) is 31.8 Å². The Morgan fingerprint density at radius 3 is 2.00 bits per heavy atom. The van der Waals surface area contributed by atoms with Gasteiger partial charge in [-0.05, 0) is 71.8 Å². The van der Waals surface area contributed by atoms with Crippen LogP contribution in [0.3, 0.4) is 0 Å². The Kier molecular flexibility index (Phi) is 9.07. The quantitative estimate of drug-likeness (QED) is 0.298. The molecule has 0 N–H and O–H groups in total. The van der Waals surface area contributed by atoms with Crippen LogP contribution in [-0.2, 0) is 27.8 Å². The Bertz CT molecular complexity index is 1330. The van der Waals surface area contributed by atoms with Crippen molar-refractivity contribution in [1.82, 2.24) is 4.31 Å². The summed E-state index contributed by atoms with van der Waals surface area (Å²) in [5, 5.41) is 0. The molecular weight excluding hydrogens is 502 g/mol. The molecule has 7 nitrogen and oxygen atoms in total. The van der Waals surface area contributed by atoms with E-state index < -0.39 is 16.0 Å². The average Bonchev–Trinajstić information content (AvgIpc) is 2.97. The predicted octanol–water partition coefficient (Wildman–Crippen LogP) is 5.93. The van der Waals surface area contributed by atoms with E-state index in [2.05, 4.69) is 0 Å². The topological polar surface area (TPSA) is 82.1 Å². The van der Waals surface area contributed by atoms with E-state index in [1.807, 2.05) is 18.2 Å². The molecule has 0 spiro atoms. The smallest absolute Gasteiger partial charge is 0.337 e. The molecular formula is C30H35NO6S. The van der Waals surface area contributed by atoms with E-state index in [0.717, 1.165) is 24.0 Å². The molecule has 4 rings (SSSR count). The first kappa shape index (κ1) is 27.7. The molecule has 1 aliphatic rings. The monoisotopic (exact) mass is 537 g/mol. The van der Waals surface area contributed by atoms with Crippen LogP contribution in [0.5, 0.6) is 11.5 Å². The van der Waals surface area contributed by atoms with E-state index in [4.69, 9.17) is 14.2 Å². The molecule has 0 radical (unpaired) electrons. The number of benzene rings is 3. The Labute approximate surface area is 225 Å². The average molecular weight is 538 g/mol. The van der Waals surface area contributed by atoms with E-state index in [1.165, 1.54) is 36.2 Å². The van der Waals surface area contributed by atoms with Crippen molar-refractivity contribution in [2.75, 3.05) is 21.3 Å². The number of hydrogen-bond donors (Lipinski definition) is 0. The zero-order valence-corrected chi connectivity index (χ0v) is 23.0. The molecule has 1 fully saturated rings. The fraction of sp³-hybridized carbons (Fsp3) is 0.367. The highest BCUT2D eigenvalue weighted by molar-refractivity contribution is 7.89. The number of nitrogens with zero attached hydrogens (tertiary/aromatic N) is 1. The molecule has 0 heterocycles. The number of rotatable bonds is 10. The third-order valence-electron chi connectivity index (χ3n) is 7.14. The summed E-state index contributed by atoms with van der Waals surface area (Å²) in [7, 11) is 0.592. The van der Waals surface area contributed by atoms with Crippen LogP contribution in [0.4, 0.5) is 0 Å². The Morgan fingerprint density at radius 2 is 1.39 bits per heavy atom. The minimum atomic E-state index is -3.84. The summed E-state index contributed by atoms with van der Waals surface area (Å²) in [6, 6.07) is 19.5. The van der Waals surface area contributed by atoms with Crippen molar-refractivity contribution in [2.45, 2.75) is 56.0 Å². The van der Waals surface area contributed by atoms with Gasteiger partial charge in [-0.1, -0.05) is 49.6 Å². The maximum Gasteiger partial charge on any atom is 0.337 e. The largest absolute Gasteiger partial charge is 0.493 e. The maximum atomic E-state index is 13.9. The molecule has 3 aromatic rings. The van der Waals surface area contributed by atoms with Crippen LogP contribution in [0.15, 0.2) is 71.6 Å². The van der Waals surface area contributed by atoms with Gasteiger partial charge in [0.2, 0.25) is 10.0 Å². The van der Waals surface area contributed by atoms with Gasteiger partial charge in [0, 0.05) is 13.1 Å². The first-order chi connectivity index (χ1) is 18.3. The zero-order chi connectivity index (χ0) is 27.1. The highest BCUT2D eigenvalue weighted by Gasteiger charge is 2.26. The molecule has 1 aliphatic carbocycles. The van der Waals surface area contributed by atoms with Crippen LogP contribution in [0.25, 0.3) is 0 Å². The SMILES string of the molecule is COC(=O)c1ccc(CN(Cc2ccc(OC)c(OC)c2)S(=O)(=O)c2ccc(C3CCCCC3)cc2)cc1. The molecule has 0 unspecified atom stereocenters. The van der Waals surface area contributed by atoms with Crippen molar-refractivity contribution in [3.05, 3.63) is 89.0 Å². The van der Waals surface area contributed by atoms with Gasteiger partial charge >= 0.3 is 5.97 Å². The summed E-state index contributed by atoms with van der Waals surface area (Å²) in [5.74, 6) is 1.16. The Balaban J connectivity index is 1.64. The lowest BCUT2D eigenvalue weighted by atomic mass is 9.84. The van der Waals surface area contributed by atoms with Crippen LogP contribution in [0.2, 0.25) is 0 Å². The van der Waals surface area contributed by atoms with Crippen LogP contribution in [0, 0.1) is 0 Å². The summed E-state index contributed by atoms with van der Waals surface area (Å²) in [4.78, 5) is 12.1. The number of esters is 1. The van der Waals surface area contributed by atoms with E-state index >= 15 is 0 Å².